The van der Waals surface area contributed by atoms with Gasteiger partial charge in [0.1, 0.15) is 11.6 Å². The van der Waals surface area contributed by atoms with Crippen LogP contribution in [0, 0.1) is 5.82 Å². The second-order valence-corrected chi connectivity index (χ2v) is 6.68. The van der Waals surface area contributed by atoms with Crippen molar-refractivity contribution in [3.63, 3.8) is 0 Å². The number of carboxylic acids is 1. The molecule has 2 amide bonds. The standard InChI is InChI=1S/C20H22FN3O4/c1-28-16-8-2-13(3-9-16)17-10-24(12-19(25)26)11-18(17)23-20(27)22-15-6-4-14(21)5-7-15/h2-9,17-18H,10-12H2,1H3,(H,25,26)(H2,22,23,27)/t17-,18+/m0/s1. The highest BCUT2D eigenvalue weighted by molar-refractivity contribution is 5.89. The maximum atomic E-state index is 13.0. The van der Waals surface area contributed by atoms with E-state index in [4.69, 9.17) is 9.84 Å². The second kappa shape index (κ2) is 8.71. The van der Waals surface area contributed by atoms with E-state index in [0.717, 1.165) is 11.3 Å². The molecule has 2 aromatic rings. The highest BCUT2D eigenvalue weighted by atomic mass is 19.1. The number of rotatable bonds is 6. The van der Waals surface area contributed by atoms with Gasteiger partial charge in [-0.15, -0.1) is 0 Å². The summed E-state index contributed by atoms with van der Waals surface area (Å²) in [6.45, 7) is 0.838. The summed E-state index contributed by atoms with van der Waals surface area (Å²) >= 11 is 0. The number of halogens is 1. The number of nitrogens with zero attached hydrogens (tertiary/aromatic N) is 1. The highest BCUT2D eigenvalue weighted by Crippen LogP contribution is 2.29. The highest BCUT2D eigenvalue weighted by Gasteiger charge is 2.35. The first-order chi connectivity index (χ1) is 13.4. The molecule has 1 aliphatic rings. The number of carboxylic acid groups (broad SMARTS) is 1. The Morgan fingerprint density at radius 1 is 1.14 bits per heavy atom. The number of urea groups is 1. The Morgan fingerprint density at radius 3 is 2.43 bits per heavy atom. The number of hydrogen-bond donors (Lipinski definition) is 3. The van der Waals surface area contributed by atoms with E-state index in [-0.39, 0.29) is 24.3 Å². The van der Waals surface area contributed by atoms with Crippen LogP contribution in [0.4, 0.5) is 14.9 Å². The molecule has 0 unspecified atom stereocenters. The molecule has 2 aromatic carbocycles. The molecule has 0 saturated carbocycles. The number of aliphatic carboxylic acids is 1. The third-order valence-electron chi connectivity index (χ3n) is 4.72. The molecule has 8 heteroatoms. The zero-order valence-corrected chi connectivity index (χ0v) is 15.4. The molecule has 1 fully saturated rings. The average molecular weight is 387 g/mol. The lowest BCUT2D eigenvalue weighted by atomic mass is 9.94. The maximum absolute atomic E-state index is 13.0. The van der Waals surface area contributed by atoms with Crippen molar-refractivity contribution in [3.8, 4) is 5.75 Å². The Balaban J connectivity index is 1.71. The van der Waals surface area contributed by atoms with Crippen molar-refractivity contribution in [3.05, 3.63) is 59.9 Å². The fourth-order valence-corrected chi connectivity index (χ4v) is 3.41. The lowest BCUT2D eigenvalue weighted by Gasteiger charge is -2.21. The monoisotopic (exact) mass is 387 g/mol. The van der Waals surface area contributed by atoms with Crippen molar-refractivity contribution in [1.29, 1.82) is 0 Å². The maximum Gasteiger partial charge on any atom is 0.319 e. The fourth-order valence-electron chi connectivity index (χ4n) is 3.41. The van der Waals surface area contributed by atoms with Crippen LogP contribution in [0.3, 0.4) is 0 Å². The fraction of sp³-hybridized carbons (Fsp3) is 0.300. The summed E-state index contributed by atoms with van der Waals surface area (Å²) in [5.41, 5.74) is 1.46. The summed E-state index contributed by atoms with van der Waals surface area (Å²) in [6, 6.07) is 12.3. The number of methoxy groups -OCH3 is 1. The molecule has 0 aliphatic carbocycles. The van der Waals surface area contributed by atoms with Gasteiger partial charge in [0, 0.05) is 24.7 Å². The van der Waals surface area contributed by atoms with Crippen molar-refractivity contribution in [2.45, 2.75) is 12.0 Å². The van der Waals surface area contributed by atoms with Gasteiger partial charge in [0.15, 0.2) is 0 Å². The molecule has 1 saturated heterocycles. The van der Waals surface area contributed by atoms with Gasteiger partial charge in [-0.25, -0.2) is 9.18 Å². The van der Waals surface area contributed by atoms with E-state index < -0.39 is 12.0 Å². The third kappa shape index (κ3) is 4.98. The van der Waals surface area contributed by atoms with Crippen molar-refractivity contribution in [2.24, 2.45) is 0 Å². The SMILES string of the molecule is COc1ccc([C@@H]2CN(CC(=O)O)C[C@H]2NC(=O)Nc2ccc(F)cc2)cc1. The predicted molar refractivity (Wildman–Crippen MR) is 102 cm³/mol. The summed E-state index contributed by atoms with van der Waals surface area (Å²) in [4.78, 5) is 25.3. The van der Waals surface area contributed by atoms with Gasteiger partial charge in [-0.05, 0) is 42.0 Å². The van der Waals surface area contributed by atoms with Crippen LogP contribution in [0.2, 0.25) is 0 Å². The largest absolute Gasteiger partial charge is 0.497 e. The number of benzene rings is 2. The van der Waals surface area contributed by atoms with Crippen LogP contribution in [0.1, 0.15) is 11.5 Å². The molecule has 148 valence electrons. The van der Waals surface area contributed by atoms with E-state index >= 15 is 0 Å². The molecular formula is C20H22FN3O4. The quantitative estimate of drug-likeness (QED) is 0.709. The average Bonchev–Trinajstić information content (AvgIpc) is 3.05. The summed E-state index contributed by atoms with van der Waals surface area (Å²) in [6.07, 6.45) is 0. The van der Waals surface area contributed by atoms with Crippen molar-refractivity contribution < 1.29 is 23.8 Å². The summed E-state index contributed by atoms with van der Waals surface area (Å²) < 4.78 is 18.2. The Kier molecular flexibility index (Phi) is 6.10. The van der Waals surface area contributed by atoms with Gasteiger partial charge in [0.2, 0.25) is 0 Å². The first-order valence-electron chi connectivity index (χ1n) is 8.86. The summed E-state index contributed by atoms with van der Waals surface area (Å²) in [7, 11) is 1.59. The summed E-state index contributed by atoms with van der Waals surface area (Å²) in [5, 5.41) is 14.7. The molecule has 28 heavy (non-hydrogen) atoms. The van der Waals surface area contributed by atoms with E-state index in [1.807, 2.05) is 24.3 Å². The van der Waals surface area contributed by atoms with Gasteiger partial charge in [0.25, 0.3) is 0 Å². The summed E-state index contributed by atoms with van der Waals surface area (Å²) in [5.74, 6) is -0.637. The van der Waals surface area contributed by atoms with E-state index in [2.05, 4.69) is 10.6 Å². The van der Waals surface area contributed by atoms with Crippen LogP contribution in [-0.4, -0.2) is 54.8 Å². The molecule has 0 spiro atoms. The van der Waals surface area contributed by atoms with Crippen LogP contribution in [0.15, 0.2) is 48.5 Å². The van der Waals surface area contributed by atoms with Crippen LogP contribution < -0.4 is 15.4 Å². The van der Waals surface area contributed by atoms with Crippen molar-refractivity contribution in [2.75, 3.05) is 32.1 Å². The smallest absolute Gasteiger partial charge is 0.319 e. The number of ether oxygens (including phenoxy) is 1. The molecule has 1 heterocycles. The molecular weight excluding hydrogens is 365 g/mol. The lowest BCUT2D eigenvalue weighted by molar-refractivity contribution is -0.138. The number of amides is 2. The van der Waals surface area contributed by atoms with E-state index in [1.165, 1.54) is 24.3 Å². The molecule has 3 N–H and O–H groups in total. The molecule has 0 bridgehead atoms. The molecule has 7 nitrogen and oxygen atoms in total. The van der Waals surface area contributed by atoms with Crippen LogP contribution >= 0.6 is 0 Å². The molecule has 0 aromatic heterocycles. The lowest BCUT2D eigenvalue weighted by Crippen LogP contribution is -2.42. The Hall–Kier alpha value is -3.13. The topological polar surface area (TPSA) is 90.9 Å². The molecule has 0 radical (unpaired) electrons. The van der Waals surface area contributed by atoms with Gasteiger partial charge in [-0.1, -0.05) is 12.1 Å². The third-order valence-corrected chi connectivity index (χ3v) is 4.72. The molecule has 3 rings (SSSR count). The van der Waals surface area contributed by atoms with E-state index in [1.54, 1.807) is 12.0 Å². The first kappa shape index (κ1) is 19.6. The van der Waals surface area contributed by atoms with Crippen molar-refractivity contribution >= 4 is 17.7 Å². The van der Waals surface area contributed by atoms with Gasteiger partial charge in [-0.3, -0.25) is 9.69 Å². The minimum atomic E-state index is -0.912. The van der Waals surface area contributed by atoms with Crippen molar-refractivity contribution in [1.82, 2.24) is 10.2 Å². The second-order valence-electron chi connectivity index (χ2n) is 6.68. The van der Waals surface area contributed by atoms with Gasteiger partial charge in [-0.2, -0.15) is 0 Å². The number of nitrogens with one attached hydrogen (secondary N) is 2. The van der Waals surface area contributed by atoms with Crippen LogP contribution in [0.5, 0.6) is 5.75 Å². The van der Waals surface area contributed by atoms with Crippen LogP contribution in [-0.2, 0) is 4.79 Å². The van der Waals surface area contributed by atoms with Gasteiger partial charge in [0.05, 0.1) is 19.7 Å². The van der Waals surface area contributed by atoms with E-state index in [9.17, 15) is 14.0 Å². The minimum absolute atomic E-state index is 0.0655. The predicted octanol–water partition coefficient (Wildman–Crippen LogP) is 2.51. The Labute approximate surface area is 162 Å². The van der Waals surface area contributed by atoms with Gasteiger partial charge < -0.3 is 20.5 Å². The normalized spacial score (nSPS) is 19.2. The Morgan fingerprint density at radius 2 is 1.82 bits per heavy atom. The first-order valence-corrected chi connectivity index (χ1v) is 8.86. The number of hydrogen-bond acceptors (Lipinski definition) is 4. The minimum Gasteiger partial charge on any atom is -0.497 e. The molecule has 1 aliphatic heterocycles. The Bertz CT molecular complexity index is 826. The van der Waals surface area contributed by atoms with Gasteiger partial charge >= 0.3 is 12.0 Å². The zero-order valence-electron chi connectivity index (χ0n) is 15.4. The molecule has 2 atom stereocenters. The number of carbonyl (C=O) groups is 2. The number of likely N-dealkylation sites (tertiary alicyclic amines) is 1. The number of anilines is 1. The van der Waals surface area contributed by atoms with Crippen LogP contribution in [0.25, 0.3) is 0 Å². The number of carbonyl (C=O) groups excluding carboxylic acids is 1. The zero-order chi connectivity index (χ0) is 20.1. The van der Waals surface area contributed by atoms with E-state index in [0.29, 0.717) is 18.8 Å².